The van der Waals surface area contributed by atoms with Crippen molar-refractivity contribution in [1.29, 1.82) is 0 Å². The van der Waals surface area contributed by atoms with Crippen LogP contribution in [0.3, 0.4) is 0 Å². The largest absolute Gasteiger partial charge is 0.391 e. The molecule has 104 valence electrons. The third-order valence-corrected chi connectivity index (χ3v) is 4.32. The summed E-state index contributed by atoms with van der Waals surface area (Å²) in [4.78, 5) is 2.45. The molecule has 0 heterocycles. The molecule has 0 radical (unpaired) electrons. The van der Waals surface area contributed by atoms with E-state index in [1.54, 1.807) is 0 Å². The molecule has 1 atom stereocenters. The van der Waals surface area contributed by atoms with Gasteiger partial charge in [0.2, 0.25) is 0 Å². The zero-order chi connectivity index (χ0) is 13.3. The van der Waals surface area contributed by atoms with Crippen LogP contribution < -0.4 is 0 Å². The van der Waals surface area contributed by atoms with E-state index >= 15 is 0 Å². The van der Waals surface area contributed by atoms with Gasteiger partial charge >= 0.3 is 0 Å². The summed E-state index contributed by atoms with van der Waals surface area (Å²) in [6.07, 6.45) is 6.47. The van der Waals surface area contributed by atoms with Crippen molar-refractivity contribution in [3.05, 3.63) is 0 Å². The fraction of sp³-hybridized carbons (Fsp3) is 1.00. The molecule has 0 rings (SSSR count). The number of rotatable bonds is 10. The fourth-order valence-corrected chi connectivity index (χ4v) is 3.09. The first-order valence-electron chi connectivity index (χ1n) is 7.55. The normalized spacial score (nSPS) is 14.3. The van der Waals surface area contributed by atoms with E-state index in [2.05, 4.69) is 39.5 Å². The van der Waals surface area contributed by atoms with Crippen LogP contribution in [0.4, 0.5) is 0 Å². The van der Waals surface area contributed by atoms with E-state index in [9.17, 15) is 5.11 Å². The van der Waals surface area contributed by atoms with Gasteiger partial charge in [0.15, 0.2) is 0 Å². The van der Waals surface area contributed by atoms with Gasteiger partial charge in [-0.25, -0.2) is 0 Å². The Kier molecular flexibility index (Phi) is 8.89. The van der Waals surface area contributed by atoms with Crippen LogP contribution in [0.5, 0.6) is 0 Å². The fourth-order valence-electron chi connectivity index (χ4n) is 3.09. The molecule has 0 saturated carbocycles. The molecule has 0 aromatic rings. The summed E-state index contributed by atoms with van der Waals surface area (Å²) in [7, 11) is 0. The van der Waals surface area contributed by atoms with E-state index in [-0.39, 0.29) is 11.6 Å². The average molecular weight is 243 g/mol. The van der Waals surface area contributed by atoms with Gasteiger partial charge < -0.3 is 5.11 Å². The number of aliphatic hydroxyl groups is 1. The lowest BCUT2D eigenvalue weighted by atomic mass is 9.82. The topological polar surface area (TPSA) is 23.5 Å². The molecular weight excluding hydrogens is 210 g/mol. The summed E-state index contributed by atoms with van der Waals surface area (Å²) in [5.41, 5.74) is -0.00274. The van der Waals surface area contributed by atoms with Crippen molar-refractivity contribution >= 4 is 0 Å². The minimum Gasteiger partial charge on any atom is -0.391 e. The molecule has 2 heteroatoms. The van der Waals surface area contributed by atoms with Gasteiger partial charge in [0.25, 0.3) is 0 Å². The quantitative estimate of drug-likeness (QED) is 0.589. The minimum atomic E-state index is -0.177. The lowest BCUT2D eigenvalue weighted by Crippen LogP contribution is -2.56. The highest BCUT2D eigenvalue weighted by molar-refractivity contribution is 4.94. The zero-order valence-electron chi connectivity index (χ0n) is 12.6. The Labute approximate surface area is 108 Å². The third kappa shape index (κ3) is 4.26. The molecule has 1 unspecified atom stereocenters. The number of likely N-dealkylation sites (N-methyl/N-ethyl adjacent to an activating group) is 1. The molecule has 0 fully saturated rings. The van der Waals surface area contributed by atoms with Crippen LogP contribution in [0.1, 0.15) is 73.1 Å². The summed E-state index contributed by atoms with van der Waals surface area (Å²) in [5.74, 6) is 0. The number of unbranched alkanes of at least 4 members (excludes halogenated alkanes) is 2. The van der Waals surface area contributed by atoms with Crippen molar-refractivity contribution in [2.45, 2.75) is 84.8 Å². The van der Waals surface area contributed by atoms with Crippen LogP contribution in [-0.2, 0) is 0 Å². The third-order valence-electron chi connectivity index (χ3n) is 4.32. The van der Waals surface area contributed by atoms with Gasteiger partial charge in [-0.2, -0.15) is 0 Å². The van der Waals surface area contributed by atoms with Gasteiger partial charge in [0.1, 0.15) is 0 Å². The van der Waals surface area contributed by atoms with E-state index in [1.807, 2.05) is 0 Å². The molecule has 0 aromatic heterocycles. The van der Waals surface area contributed by atoms with Crippen molar-refractivity contribution in [2.75, 3.05) is 13.1 Å². The van der Waals surface area contributed by atoms with Crippen molar-refractivity contribution in [3.8, 4) is 0 Å². The van der Waals surface area contributed by atoms with Gasteiger partial charge in [0.05, 0.1) is 6.10 Å². The van der Waals surface area contributed by atoms with E-state index in [0.29, 0.717) is 0 Å². The van der Waals surface area contributed by atoms with E-state index in [0.717, 1.165) is 38.8 Å². The standard InChI is InChI=1S/C15H33NO/c1-6-11-12-13-14(17)15(7-2,8-3)16(9-4)10-5/h14,17H,6-13H2,1-5H3. The maximum atomic E-state index is 10.6. The van der Waals surface area contributed by atoms with Crippen LogP contribution in [0, 0.1) is 0 Å². The summed E-state index contributed by atoms with van der Waals surface area (Å²) < 4.78 is 0. The summed E-state index contributed by atoms with van der Waals surface area (Å²) in [6.45, 7) is 13.1. The Morgan fingerprint density at radius 1 is 0.941 bits per heavy atom. The maximum absolute atomic E-state index is 10.6. The van der Waals surface area contributed by atoms with Crippen LogP contribution in [-0.4, -0.2) is 34.7 Å². The van der Waals surface area contributed by atoms with Crippen LogP contribution in [0.25, 0.3) is 0 Å². The smallest absolute Gasteiger partial charge is 0.0723 e. The SMILES string of the molecule is CCCCCC(O)C(CC)(CC)N(CC)CC. The van der Waals surface area contributed by atoms with Crippen LogP contribution >= 0.6 is 0 Å². The monoisotopic (exact) mass is 243 g/mol. The number of nitrogens with zero attached hydrogens (tertiary/aromatic N) is 1. The van der Waals surface area contributed by atoms with E-state index in [4.69, 9.17) is 0 Å². The molecule has 0 spiro atoms. The number of hydrogen-bond acceptors (Lipinski definition) is 2. The summed E-state index contributed by atoms with van der Waals surface area (Å²) in [5, 5.41) is 10.6. The Bertz CT molecular complexity index is 174. The van der Waals surface area contributed by atoms with Crippen LogP contribution in [0.2, 0.25) is 0 Å². The highest BCUT2D eigenvalue weighted by Crippen LogP contribution is 2.30. The maximum Gasteiger partial charge on any atom is 0.0723 e. The predicted octanol–water partition coefficient (Wildman–Crippen LogP) is 3.83. The lowest BCUT2D eigenvalue weighted by Gasteiger charge is -2.46. The van der Waals surface area contributed by atoms with Crippen molar-refractivity contribution in [2.24, 2.45) is 0 Å². The minimum absolute atomic E-state index is 0.00274. The van der Waals surface area contributed by atoms with Gasteiger partial charge in [-0.05, 0) is 32.4 Å². The van der Waals surface area contributed by atoms with Crippen molar-refractivity contribution < 1.29 is 5.11 Å². The average Bonchev–Trinajstić information content (AvgIpc) is 2.36. The van der Waals surface area contributed by atoms with Gasteiger partial charge in [0, 0.05) is 5.54 Å². The van der Waals surface area contributed by atoms with E-state index in [1.165, 1.54) is 12.8 Å². The van der Waals surface area contributed by atoms with Crippen molar-refractivity contribution in [3.63, 3.8) is 0 Å². The molecule has 0 saturated heterocycles. The first-order chi connectivity index (χ1) is 8.12. The molecule has 0 aromatic carbocycles. The lowest BCUT2D eigenvalue weighted by molar-refractivity contribution is -0.0394. The van der Waals surface area contributed by atoms with Crippen LogP contribution in [0.15, 0.2) is 0 Å². The Balaban J connectivity index is 4.66. The molecule has 1 N–H and O–H groups in total. The second kappa shape index (κ2) is 8.93. The molecule has 17 heavy (non-hydrogen) atoms. The second-order valence-electron chi connectivity index (χ2n) is 4.99. The van der Waals surface area contributed by atoms with E-state index < -0.39 is 0 Å². The predicted molar refractivity (Wildman–Crippen MR) is 76.4 cm³/mol. The number of hydrogen-bond donors (Lipinski definition) is 1. The van der Waals surface area contributed by atoms with Gasteiger partial charge in [-0.1, -0.05) is 53.9 Å². The zero-order valence-corrected chi connectivity index (χ0v) is 12.6. The van der Waals surface area contributed by atoms with Gasteiger partial charge in [-0.15, -0.1) is 0 Å². The Hall–Kier alpha value is -0.0800. The van der Waals surface area contributed by atoms with Crippen molar-refractivity contribution in [1.82, 2.24) is 4.90 Å². The summed E-state index contributed by atoms with van der Waals surface area (Å²) in [6, 6.07) is 0. The Morgan fingerprint density at radius 3 is 1.82 bits per heavy atom. The molecule has 0 amide bonds. The highest BCUT2D eigenvalue weighted by atomic mass is 16.3. The molecular formula is C15H33NO. The molecule has 0 aliphatic rings. The molecule has 2 nitrogen and oxygen atoms in total. The molecule has 0 aliphatic heterocycles. The number of aliphatic hydroxyl groups excluding tert-OH is 1. The van der Waals surface area contributed by atoms with Gasteiger partial charge in [-0.3, -0.25) is 4.90 Å². The molecule has 0 aliphatic carbocycles. The second-order valence-corrected chi connectivity index (χ2v) is 4.99. The highest BCUT2D eigenvalue weighted by Gasteiger charge is 2.38. The first kappa shape index (κ1) is 16.9. The Morgan fingerprint density at radius 2 is 1.47 bits per heavy atom. The molecule has 0 bridgehead atoms. The summed E-state index contributed by atoms with van der Waals surface area (Å²) >= 11 is 0. The first-order valence-corrected chi connectivity index (χ1v) is 7.55.